The number of aromatic nitrogens is 3. The van der Waals surface area contributed by atoms with Crippen molar-refractivity contribution in [3.63, 3.8) is 0 Å². The molecule has 3 rings (SSSR count). The molecule has 1 saturated carbocycles. The van der Waals surface area contributed by atoms with Crippen LogP contribution in [-0.2, 0) is 23.3 Å². The van der Waals surface area contributed by atoms with Crippen molar-refractivity contribution >= 4 is 29.4 Å². The summed E-state index contributed by atoms with van der Waals surface area (Å²) in [7, 11) is 1.93. The van der Waals surface area contributed by atoms with Crippen LogP contribution in [0, 0.1) is 5.82 Å². The highest BCUT2D eigenvalue weighted by atomic mass is 32.2. The molecule has 0 atom stereocenters. The number of amides is 1. The fourth-order valence-corrected chi connectivity index (χ4v) is 4.79. The van der Waals surface area contributed by atoms with Gasteiger partial charge in [-0.15, -0.1) is 22.0 Å². The lowest BCUT2D eigenvalue weighted by molar-refractivity contribution is -0.119. The molecule has 1 aromatic carbocycles. The SMILES string of the molecule is Cn1c(CSCc2ccc(F)cc2)nnc1SCC(=O)NC1CCCCC1. The maximum absolute atomic E-state index is 12.9. The minimum atomic E-state index is -0.216. The Morgan fingerprint density at radius 2 is 1.93 bits per heavy atom. The Bertz CT molecular complexity index is 745. The number of hydrogen-bond acceptors (Lipinski definition) is 5. The minimum absolute atomic E-state index is 0.0714. The predicted molar refractivity (Wildman–Crippen MR) is 108 cm³/mol. The zero-order chi connectivity index (χ0) is 19.1. The lowest BCUT2D eigenvalue weighted by atomic mass is 9.95. The minimum Gasteiger partial charge on any atom is -0.353 e. The Morgan fingerprint density at radius 3 is 2.67 bits per heavy atom. The number of nitrogens with zero attached hydrogens (tertiary/aromatic N) is 3. The van der Waals surface area contributed by atoms with Crippen molar-refractivity contribution in [3.05, 3.63) is 41.5 Å². The normalized spacial score (nSPS) is 15.0. The van der Waals surface area contributed by atoms with Gasteiger partial charge in [0, 0.05) is 18.8 Å². The van der Waals surface area contributed by atoms with Crippen molar-refractivity contribution in [2.24, 2.45) is 7.05 Å². The third kappa shape index (κ3) is 6.24. The van der Waals surface area contributed by atoms with Gasteiger partial charge in [0.25, 0.3) is 0 Å². The maximum atomic E-state index is 12.9. The molecule has 0 radical (unpaired) electrons. The summed E-state index contributed by atoms with van der Waals surface area (Å²) in [5.41, 5.74) is 1.08. The second-order valence-electron chi connectivity index (χ2n) is 6.77. The van der Waals surface area contributed by atoms with Crippen molar-refractivity contribution in [2.75, 3.05) is 5.75 Å². The summed E-state index contributed by atoms with van der Waals surface area (Å²) in [4.78, 5) is 12.1. The van der Waals surface area contributed by atoms with Crippen molar-refractivity contribution in [1.82, 2.24) is 20.1 Å². The van der Waals surface area contributed by atoms with Gasteiger partial charge in [-0.25, -0.2) is 4.39 Å². The van der Waals surface area contributed by atoms with Gasteiger partial charge in [-0.1, -0.05) is 43.2 Å². The van der Waals surface area contributed by atoms with Gasteiger partial charge in [0.2, 0.25) is 5.91 Å². The van der Waals surface area contributed by atoms with Gasteiger partial charge in [0.1, 0.15) is 11.6 Å². The van der Waals surface area contributed by atoms with E-state index in [-0.39, 0.29) is 11.7 Å². The van der Waals surface area contributed by atoms with E-state index in [1.807, 2.05) is 11.6 Å². The number of thioether (sulfide) groups is 2. The molecule has 1 fully saturated rings. The monoisotopic (exact) mass is 408 g/mol. The zero-order valence-corrected chi connectivity index (χ0v) is 17.1. The first-order valence-corrected chi connectivity index (χ1v) is 11.4. The number of carbonyl (C=O) groups excluding carboxylic acids is 1. The molecule has 0 unspecified atom stereocenters. The van der Waals surface area contributed by atoms with E-state index in [2.05, 4.69) is 15.5 Å². The first-order chi connectivity index (χ1) is 13.1. The number of benzene rings is 1. The van der Waals surface area contributed by atoms with Crippen LogP contribution in [0.4, 0.5) is 4.39 Å². The smallest absolute Gasteiger partial charge is 0.230 e. The van der Waals surface area contributed by atoms with E-state index < -0.39 is 0 Å². The third-order valence-electron chi connectivity index (χ3n) is 4.64. The molecule has 1 aromatic heterocycles. The first-order valence-electron chi connectivity index (χ1n) is 9.24. The first kappa shape index (κ1) is 20.2. The molecule has 1 aliphatic carbocycles. The Morgan fingerprint density at radius 1 is 1.19 bits per heavy atom. The van der Waals surface area contributed by atoms with Gasteiger partial charge < -0.3 is 9.88 Å². The second kappa shape index (κ2) is 10.1. The van der Waals surface area contributed by atoms with Crippen LogP contribution in [0.2, 0.25) is 0 Å². The van der Waals surface area contributed by atoms with Crippen molar-refractivity contribution in [2.45, 2.75) is 54.8 Å². The number of nitrogens with one attached hydrogen (secondary N) is 1. The number of carbonyl (C=O) groups is 1. The Labute approximate surface area is 167 Å². The van der Waals surface area contributed by atoms with E-state index >= 15 is 0 Å². The molecule has 1 aliphatic rings. The van der Waals surface area contributed by atoms with Crippen LogP contribution >= 0.6 is 23.5 Å². The number of rotatable bonds is 8. The van der Waals surface area contributed by atoms with Crippen LogP contribution in [0.5, 0.6) is 0 Å². The maximum Gasteiger partial charge on any atom is 0.230 e. The molecule has 1 amide bonds. The highest BCUT2D eigenvalue weighted by Crippen LogP contribution is 2.21. The lowest BCUT2D eigenvalue weighted by Gasteiger charge is -2.22. The standard InChI is InChI=1S/C19H25FN4OS2/c1-24-17(12-26-11-14-7-9-15(20)10-8-14)22-23-19(24)27-13-18(25)21-16-5-3-2-4-6-16/h7-10,16H,2-6,11-13H2,1H3,(H,21,25). The van der Waals surface area contributed by atoms with E-state index in [4.69, 9.17) is 0 Å². The topological polar surface area (TPSA) is 59.8 Å². The van der Waals surface area contributed by atoms with Gasteiger partial charge in [-0.3, -0.25) is 4.79 Å². The molecular weight excluding hydrogens is 383 g/mol. The molecule has 0 spiro atoms. The van der Waals surface area contributed by atoms with E-state index in [1.165, 1.54) is 43.2 Å². The highest BCUT2D eigenvalue weighted by molar-refractivity contribution is 7.99. The van der Waals surface area contributed by atoms with Crippen molar-refractivity contribution in [1.29, 1.82) is 0 Å². The van der Waals surface area contributed by atoms with Gasteiger partial charge in [-0.2, -0.15) is 0 Å². The van der Waals surface area contributed by atoms with E-state index in [0.29, 0.717) is 11.8 Å². The number of hydrogen-bond donors (Lipinski definition) is 1. The summed E-state index contributed by atoms with van der Waals surface area (Å²) in [6, 6.07) is 6.89. The van der Waals surface area contributed by atoms with Crippen LogP contribution in [0.3, 0.4) is 0 Å². The molecular formula is C19H25FN4OS2. The molecule has 0 saturated heterocycles. The van der Waals surface area contributed by atoms with Gasteiger partial charge >= 0.3 is 0 Å². The average Bonchev–Trinajstić information content (AvgIpc) is 3.02. The largest absolute Gasteiger partial charge is 0.353 e. The van der Waals surface area contributed by atoms with Gasteiger partial charge in [-0.05, 0) is 30.5 Å². The van der Waals surface area contributed by atoms with Crippen LogP contribution in [0.1, 0.15) is 43.5 Å². The Balaban J connectivity index is 1.42. The van der Waals surface area contributed by atoms with E-state index in [1.54, 1.807) is 23.9 Å². The zero-order valence-electron chi connectivity index (χ0n) is 15.5. The van der Waals surface area contributed by atoms with Crippen LogP contribution in [-0.4, -0.2) is 32.5 Å². The van der Waals surface area contributed by atoms with E-state index in [9.17, 15) is 9.18 Å². The number of halogens is 1. The third-order valence-corrected chi connectivity index (χ3v) is 6.66. The van der Waals surface area contributed by atoms with E-state index in [0.717, 1.165) is 40.9 Å². The molecule has 8 heteroatoms. The lowest BCUT2D eigenvalue weighted by Crippen LogP contribution is -2.37. The molecule has 1 heterocycles. The summed E-state index contributed by atoms with van der Waals surface area (Å²) in [5, 5.41) is 12.3. The highest BCUT2D eigenvalue weighted by Gasteiger charge is 2.17. The molecule has 146 valence electrons. The average molecular weight is 409 g/mol. The van der Waals surface area contributed by atoms with Crippen molar-refractivity contribution < 1.29 is 9.18 Å². The summed E-state index contributed by atoms with van der Waals surface area (Å²) >= 11 is 3.13. The molecule has 0 aliphatic heterocycles. The summed E-state index contributed by atoms with van der Waals surface area (Å²) in [6.45, 7) is 0. The molecule has 1 N–H and O–H groups in total. The van der Waals surface area contributed by atoms with Crippen LogP contribution in [0.15, 0.2) is 29.4 Å². The predicted octanol–water partition coefficient (Wildman–Crippen LogP) is 3.93. The molecule has 0 bridgehead atoms. The molecule has 5 nitrogen and oxygen atoms in total. The Kier molecular flexibility index (Phi) is 7.58. The fraction of sp³-hybridized carbons (Fsp3) is 0.526. The summed E-state index contributed by atoms with van der Waals surface area (Å²) < 4.78 is 14.9. The van der Waals surface area contributed by atoms with Crippen LogP contribution < -0.4 is 5.32 Å². The Hall–Kier alpha value is -1.54. The molecule has 2 aromatic rings. The summed E-state index contributed by atoms with van der Waals surface area (Å²) in [6.07, 6.45) is 5.88. The summed E-state index contributed by atoms with van der Waals surface area (Å²) in [5.74, 6) is 2.60. The van der Waals surface area contributed by atoms with Gasteiger partial charge in [0.15, 0.2) is 5.16 Å². The quantitative estimate of drug-likeness (QED) is 0.671. The molecule has 27 heavy (non-hydrogen) atoms. The fourth-order valence-electron chi connectivity index (χ4n) is 3.08. The van der Waals surface area contributed by atoms with Crippen molar-refractivity contribution in [3.8, 4) is 0 Å². The van der Waals surface area contributed by atoms with Crippen LogP contribution in [0.25, 0.3) is 0 Å². The second-order valence-corrected chi connectivity index (χ2v) is 8.70. The van der Waals surface area contributed by atoms with Gasteiger partial charge in [0.05, 0.1) is 11.5 Å².